The van der Waals surface area contributed by atoms with Crippen molar-refractivity contribution in [1.82, 2.24) is 5.32 Å². The standard InChI is InChI=1S/C37H36BN3O12/c1-2-51-29-20-26(17-18-28(29)53-37(48,49)50)35(45,46)36(38,47)40-31(42)21-30-33(44)41(27-10-6-9-25(19-27)32(39)43)34(52-30)24-15-13-23(14-16-24)12-11-22-7-4-3-5-8-22/h3-10,13-20,30,34,45-50H,2,21,38H2,1H3,(H2,39,43)(H,40,42)/t30-,34+,36?/m1/s1. The van der Waals surface area contributed by atoms with Crippen LogP contribution in [-0.2, 0) is 20.1 Å². The molecule has 0 bridgehead atoms. The summed E-state index contributed by atoms with van der Waals surface area (Å²) in [4.78, 5) is 40.4. The fourth-order valence-corrected chi connectivity index (χ4v) is 5.46. The molecule has 0 spiro atoms. The lowest BCUT2D eigenvalue weighted by molar-refractivity contribution is -0.419. The number of benzene rings is 4. The van der Waals surface area contributed by atoms with Gasteiger partial charge in [0.25, 0.3) is 5.91 Å². The van der Waals surface area contributed by atoms with Crippen LogP contribution in [0.25, 0.3) is 0 Å². The third-order valence-electron chi connectivity index (χ3n) is 8.10. The van der Waals surface area contributed by atoms with Gasteiger partial charge in [-0.2, -0.15) is 0 Å². The van der Waals surface area contributed by atoms with Crippen LogP contribution >= 0.6 is 0 Å². The van der Waals surface area contributed by atoms with Gasteiger partial charge < -0.3 is 55.9 Å². The quantitative estimate of drug-likeness (QED) is 0.0529. The Labute approximate surface area is 304 Å². The van der Waals surface area contributed by atoms with E-state index in [1.54, 1.807) is 37.3 Å². The molecule has 16 heteroatoms. The van der Waals surface area contributed by atoms with E-state index in [1.165, 1.54) is 23.1 Å². The summed E-state index contributed by atoms with van der Waals surface area (Å²) in [5.41, 5.74) is 4.62. The number of ether oxygens (including phenoxy) is 3. The van der Waals surface area contributed by atoms with Crippen LogP contribution in [0.4, 0.5) is 5.69 Å². The summed E-state index contributed by atoms with van der Waals surface area (Å²) in [6, 6.07) is 25.2. The van der Waals surface area contributed by atoms with Crippen molar-refractivity contribution in [1.29, 1.82) is 0 Å². The molecule has 4 aromatic rings. The van der Waals surface area contributed by atoms with E-state index in [0.717, 1.165) is 31.6 Å². The zero-order chi connectivity index (χ0) is 38.6. The molecule has 0 saturated carbocycles. The van der Waals surface area contributed by atoms with Crippen molar-refractivity contribution in [2.24, 2.45) is 5.73 Å². The number of amides is 3. The fourth-order valence-electron chi connectivity index (χ4n) is 5.46. The van der Waals surface area contributed by atoms with Crippen LogP contribution in [0.2, 0.25) is 0 Å². The normalized spacial score (nSPS) is 17.0. The van der Waals surface area contributed by atoms with Crippen molar-refractivity contribution >= 4 is 31.3 Å². The van der Waals surface area contributed by atoms with Gasteiger partial charge in [-0.1, -0.05) is 48.2 Å². The minimum Gasteiger partial charge on any atom is -0.490 e. The first-order valence-corrected chi connectivity index (χ1v) is 16.2. The molecule has 0 aliphatic carbocycles. The average Bonchev–Trinajstić information content (AvgIpc) is 3.42. The van der Waals surface area contributed by atoms with Crippen molar-refractivity contribution < 1.29 is 59.2 Å². The SMILES string of the molecule is BC(O)(NC(=O)C[C@H]1O[C@@H](c2ccc(C#Cc3ccccc3)cc2)N(c2cccc(C(N)=O)c2)C1=O)C(O)(O)c1ccc(OC(O)(O)O)c(OCC)c1. The van der Waals surface area contributed by atoms with Crippen molar-refractivity contribution in [3.05, 3.63) is 125 Å². The number of hydrogen-bond acceptors (Lipinski definition) is 12. The van der Waals surface area contributed by atoms with Crippen LogP contribution in [0.3, 0.4) is 0 Å². The fraction of sp³-hybridized carbons (Fsp3) is 0.216. The van der Waals surface area contributed by atoms with Crippen LogP contribution in [0, 0.1) is 11.8 Å². The molecule has 5 rings (SSSR count). The molecule has 1 aliphatic rings. The van der Waals surface area contributed by atoms with Gasteiger partial charge in [0, 0.05) is 33.5 Å². The zero-order valence-corrected chi connectivity index (χ0v) is 28.5. The Morgan fingerprint density at radius 3 is 2.17 bits per heavy atom. The molecule has 274 valence electrons. The molecular formula is C37H36BN3O12. The van der Waals surface area contributed by atoms with Gasteiger partial charge in [0.1, 0.15) is 6.10 Å². The number of carbonyl (C=O) groups is 3. The molecule has 4 aromatic carbocycles. The summed E-state index contributed by atoms with van der Waals surface area (Å²) < 4.78 is 16.0. The number of anilines is 1. The maximum absolute atomic E-state index is 13.9. The Kier molecular flexibility index (Phi) is 11.2. The van der Waals surface area contributed by atoms with E-state index in [9.17, 15) is 45.0 Å². The van der Waals surface area contributed by atoms with Crippen molar-refractivity contribution in [3.63, 3.8) is 0 Å². The Morgan fingerprint density at radius 2 is 1.55 bits per heavy atom. The second kappa shape index (κ2) is 15.5. The molecule has 1 aliphatic heterocycles. The van der Waals surface area contributed by atoms with Gasteiger partial charge >= 0.3 is 6.16 Å². The van der Waals surface area contributed by atoms with Crippen LogP contribution in [0.1, 0.15) is 52.2 Å². The maximum atomic E-state index is 13.9. The van der Waals surface area contributed by atoms with Crippen LogP contribution in [-0.4, -0.2) is 80.7 Å². The molecule has 15 nitrogen and oxygen atoms in total. The van der Waals surface area contributed by atoms with E-state index >= 15 is 0 Å². The van der Waals surface area contributed by atoms with Gasteiger partial charge in [0.05, 0.1) is 13.0 Å². The first-order chi connectivity index (χ1) is 25.0. The van der Waals surface area contributed by atoms with Crippen molar-refractivity contribution in [3.8, 4) is 23.3 Å². The predicted octanol–water partition coefficient (Wildman–Crippen LogP) is -0.395. The van der Waals surface area contributed by atoms with Gasteiger partial charge in [-0.15, -0.1) is 0 Å². The highest BCUT2D eigenvalue weighted by Gasteiger charge is 2.49. The zero-order valence-electron chi connectivity index (χ0n) is 28.5. The Balaban J connectivity index is 1.38. The van der Waals surface area contributed by atoms with E-state index in [1.807, 2.05) is 30.3 Å². The lowest BCUT2D eigenvalue weighted by Crippen LogP contribution is -2.63. The summed E-state index contributed by atoms with van der Waals surface area (Å²) in [5.74, 6) is -0.195. The van der Waals surface area contributed by atoms with Crippen molar-refractivity contribution in [2.75, 3.05) is 11.5 Å². The average molecular weight is 726 g/mol. The summed E-state index contributed by atoms with van der Waals surface area (Å²) in [6.45, 7) is 1.56. The molecule has 53 heavy (non-hydrogen) atoms. The summed E-state index contributed by atoms with van der Waals surface area (Å²) in [6.07, 6.45) is -6.78. The van der Waals surface area contributed by atoms with Gasteiger partial charge in [0.2, 0.25) is 17.6 Å². The topological polar surface area (TPSA) is 242 Å². The third kappa shape index (κ3) is 9.00. The molecule has 3 amide bonds. The Hall–Kier alpha value is -5.77. The van der Waals surface area contributed by atoms with Gasteiger partial charge in [-0.25, -0.2) is 0 Å². The highest BCUT2D eigenvalue weighted by atomic mass is 16.9. The number of rotatable bonds is 12. The number of primary amides is 1. The van der Waals surface area contributed by atoms with Crippen molar-refractivity contribution in [2.45, 2.75) is 43.2 Å². The summed E-state index contributed by atoms with van der Waals surface area (Å²) in [7, 11) is 0.889. The van der Waals surface area contributed by atoms with E-state index in [-0.39, 0.29) is 23.6 Å². The highest BCUT2D eigenvalue weighted by Crippen LogP contribution is 2.38. The van der Waals surface area contributed by atoms with E-state index in [0.29, 0.717) is 11.1 Å². The highest BCUT2D eigenvalue weighted by molar-refractivity contribution is 6.16. The molecule has 9 N–H and O–H groups in total. The van der Waals surface area contributed by atoms with Gasteiger partial charge in [-0.05, 0) is 67.6 Å². The van der Waals surface area contributed by atoms with Gasteiger partial charge in [-0.3, -0.25) is 19.3 Å². The number of nitrogens with one attached hydrogen (secondary N) is 1. The maximum Gasteiger partial charge on any atom is 0.453 e. The number of nitrogens with two attached hydrogens (primary N) is 1. The van der Waals surface area contributed by atoms with Gasteiger partial charge in [0.15, 0.2) is 31.2 Å². The minimum absolute atomic E-state index is 0.00115. The molecule has 3 atom stereocenters. The third-order valence-corrected chi connectivity index (χ3v) is 8.10. The Morgan fingerprint density at radius 1 is 0.887 bits per heavy atom. The van der Waals surface area contributed by atoms with Crippen LogP contribution in [0.5, 0.6) is 11.5 Å². The molecule has 0 aromatic heterocycles. The largest absolute Gasteiger partial charge is 0.490 e. The van der Waals surface area contributed by atoms with Crippen LogP contribution < -0.4 is 25.4 Å². The molecule has 1 unspecified atom stereocenters. The molecular weight excluding hydrogens is 689 g/mol. The molecule has 1 fully saturated rings. The molecule has 1 saturated heterocycles. The second-order valence-corrected chi connectivity index (χ2v) is 12.1. The lowest BCUT2D eigenvalue weighted by Gasteiger charge is -2.38. The lowest BCUT2D eigenvalue weighted by atomic mass is 9.78. The number of aliphatic hydroxyl groups is 6. The number of hydrogen-bond donors (Lipinski definition) is 8. The monoisotopic (exact) mass is 725 g/mol. The summed E-state index contributed by atoms with van der Waals surface area (Å²) in [5, 5.41) is 63.0. The predicted molar refractivity (Wildman–Crippen MR) is 189 cm³/mol. The smallest absolute Gasteiger partial charge is 0.453 e. The minimum atomic E-state index is -3.58. The number of nitrogens with zero attached hydrogens (tertiary/aromatic N) is 1. The molecule has 0 radical (unpaired) electrons. The van der Waals surface area contributed by atoms with E-state index < -0.39 is 65.4 Å². The number of carbonyl (C=O) groups excluding carboxylic acids is 3. The first kappa shape index (κ1) is 38.5. The summed E-state index contributed by atoms with van der Waals surface area (Å²) >= 11 is 0. The molecule has 1 heterocycles. The van der Waals surface area contributed by atoms with E-state index in [4.69, 9.17) is 15.2 Å². The Bertz CT molecular complexity index is 2040. The van der Waals surface area contributed by atoms with Crippen LogP contribution in [0.15, 0.2) is 97.1 Å². The van der Waals surface area contributed by atoms with E-state index in [2.05, 4.69) is 21.9 Å². The first-order valence-electron chi connectivity index (χ1n) is 16.2. The second-order valence-electron chi connectivity index (χ2n) is 12.1.